The van der Waals surface area contributed by atoms with Crippen molar-refractivity contribution in [1.29, 1.82) is 0 Å². The summed E-state index contributed by atoms with van der Waals surface area (Å²) in [7, 11) is 1.50. The van der Waals surface area contributed by atoms with Crippen molar-refractivity contribution in [1.82, 2.24) is 10.6 Å². The molecule has 0 saturated carbocycles. The van der Waals surface area contributed by atoms with Gasteiger partial charge in [-0.25, -0.2) is 9.59 Å². The van der Waals surface area contributed by atoms with E-state index in [0.29, 0.717) is 19.8 Å². The van der Waals surface area contributed by atoms with Crippen molar-refractivity contribution in [3.8, 4) is 11.5 Å². The van der Waals surface area contributed by atoms with Crippen LogP contribution in [-0.4, -0.2) is 65.0 Å². The van der Waals surface area contributed by atoms with Crippen LogP contribution in [0.3, 0.4) is 0 Å². The van der Waals surface area contributed by atoms with Crippen LogP contribution in [0.2, 0.25) is 0 Å². The molecule has 230 valence electrons. The van der Waals surface area contributed by atoms with Crippen LogP contribution < -0.4 is 21.3 Å². The first-order chi connectivity index (χ1) is 20.5. The Balaban J connectivity index is 0.000000317. The summed E-state index contributed by atoms with van der Waals surface area (Å²) in [5, 5.41) is 50.1. The summed E-state index contributed by atoms with van der Waals surface area (Å²) in [6.07, 6.45) is -0.212. The molecule has 0 aliphatic rings. The van der Waals surface area contributed by atoms with E-state index in [4.69, 9.17) is 9.47 Å². The van der Waals surface area contributed by atoms with Crippen molar-refractivity contribution in [3.63, 3.8) is 0 Å². The van der Waals surface area contributed by atoms with Crippen LogP contribution in [0.15, 0.2) is 66.7 Å². The van der Waals surface area contributed by atoms with Gasteiger partial charge in [0.1, 0.15) is 11.5 Å². The maximum absolute atomic E-state index is 11.8. The highest BCUT2D eigenvalue weighted by Crippen LogP contribution is 2.28. The Morgan fingerprint density at radius 2 is 1.35 bits per heavy atom. The van der Waals surface area contributed by atoms with E-state index in [9.17, 15) is 40.0 Å². The number of rotatable bonds is 12. The van der Waals surface area contributed by atoms with Gasteiger partial charge in [0.05, 0.1) is 52.7 Å². The average molecular weight is 601 g/mol. The number of anilines is 2. The van der Waals surface area contributed by atoms with E-state index in [1.807, 2.05) is 37.3 Å². The Morgan fingerprint density at radius 1 is 0.837 bits per heavy atom. The number of nitro groups is 2. The van der Waals surface area contributed by atoms with Crippen molar-refractivity contribution >= 4 is 34.8 Å². The second kappa shape index (κ2) is 17.4. The zero-order valence-corrected chi connectivity index (χ0v) is 23.3. The maximum Gasteiger partial charge on any atom is 0.319 e. The highest BCUT2D eigenvalue weighted by atomic mass is 16.6. The predicted octanol–water partition coefficient (Wildman–Crippen LogP) is 4.10. The van der Waals surface area contributed by atoms with Crippen molar-refractivity contribution in [2.75, 3.05) is 37.4 Å². The monoisotopic (exact) mass is 600 g/mol. The molecule has 43 heavy (non-hydrogen) atoms. The molecular weight excluding hydrogens is 568 g/mol. The van der Waals surface area contributed by atoms with Gasteiger partial charge in [0, 0.05) is 32.3 Å². The molecule has 0 saturated heterocycles. The molecule has 6 N–H and O–H groups in total. The van der Waals surface area contributed by atoms with Gasteiger partial charge >= 0.3 is 12.1 Å². The summed E-state index contributed by atoms with van der Waals surface area (Å²) in [6, 6.07) is 15.4. The smallest absolute Gasteiger partial charge is 0.319 e. The number of ether oxygens (including phenoxy) is 2. The molecule has 0 aliphatic heterocycles. The van der Waals surface area contributed by atoms with Crippen LogP contribution in [0.5, 0.6) is 11.5 Å². The summed E-state index contributed by atoms with van der Waals surface area (Å²) in [4.78, 5) is 43.0. The number of nitrogens with one attached hydrogen (secondary N) is 4. The number of phenolic OH excluding ortho intramolecular Hbond substituents is 2. The number of amides is 4. The van der Waals surface area contributed by atoms with Crippen molar-refractivity contribution < 1.29 is 39.1 Å². The van der Waals surface area contributed by atoms with E-state index in [1.165, 1.54) is 31.4 Å². The van der Waals surface area contributed by atoms with E-state index >= 15 is 0 Å². The molecule has 0 aromatic heterocycles. The molecule has 16 heteroatoms. The van der Waals surface area contributed by atoms with Gasteiger partial charge in [0.15, 0.2) is 0 Å². The molecular formula is C27H32N6O10. The maximum atomic E-state index is 11.8. The third kappa shape index (κ3) is 12.3. The van der Waals surface area contributed by atoms with Gasteiger partial charge in [-0.15, -0.1) is 0 Å². The second-order valence-corrected chi connectivity index (χ2v) is 8.73. The van der Waals surface area contributed by atoms with Gasteiger partial charge in [-0.2, -0.15) is 0 Å². The van der Waals surface area contributed by atoms with Crippen molar-refractivity contribution in [3.05, 3.63) is 92.5 Å². The quantitative estimate of drug-likeness (QED) is 0.0754. The zero-order valence-electron chi connectivity index (χ0n) is 23.3. The summed E-state index contributed by atoms with van der Waals surface area (Å²) in [5.41, 5.74) is 0.704. The molecule has 0 bridgehead atoms. The lowest BCUT2D eigenvalue weighted by molar-refractivity contribution is -0.385. The first kappa shape index (κ1) is 33.7. The topological polar surface area (TPSA) is 227 Å². The number of methoxy groups -OCH3 is 1. The van der Waals surface area contributed by atoms with Gasteiger partial charge in [-0.3, -0.25) is 20.2 Å². The van der Waals surface area contributed by atoms with Crippen molar-refractivity contribution in [2.45, 2.75) is 19.6 Å². The zero-order chi connectivity index (χ0) is 31.8. The minimum absolute atomic E-state index is 0.0842. The number of hydrogen-bond donors (Lipinski definition) is 6. The molecule has 1 atom stereocenters. The Kier molecular flexibility index (Phi) is 13.6. The first-order valence-electron chi connectivity index (χ1n) is 12.7. The van der Waals surface area contributed by atoms with E-state index in [2.05, 4.69) is 21.3 Å². The van der Waals surface area contributed by atoms with Crippen LogP contribution >= 0.6 is 0 Å². The number of urea groups is 2. The van der Waals surface area contributed by atoms with Gasteiger partial charge in [0.25, 0.3) is 11.4 Å². The van der Waals surface area contributed by atoms with Gasteiger partial charge < -0.3 is 41.0 Å². The third-order valence-corrected chi connectivity index (χ3v) is 5.40. The summed E-state index contributed by atoms with van der Waals surface area (Å²) in [5.74, 6) is -0.746. The fourth-order valence-electron chi connectivity index (χ4n) is 3.19. The number of nitrogens with zero attached hydrogens (tertiary/aromatic N) is 2. The van der Waals surface area contributed by atoms with Gasteiger partial charge in [-0.1, -0.05) is 30.3 Å². The lowest BCUT2D eigenvalue weighted by atomic mass is 10.2. The Labute approximate surface area is 245 Å². The molecule has 1 unspecified atom stereocenters. The van der Waals surface area contributed by atoms with Crippen molar-refractivity contribution in [2.24, 2.45) is 0 Å². The van der Waals surface area contributed by atoms with E-state index in [1.54, 1.807) is 0 Å². The molecule has 4 amide bonds. The standard InChI is InChI=1S/C17H19N3O5.C10H13N3O5/c1-12(25-11-13-5-3-2-4-6-13)10-18-17(22)19-15-8-7-14(20(23)24)9-16(15)21;1-18-5-4-11-10(15)12-8-3-2-7(13(16)17)6-9(8)14/h2-9,12,21H,10-11H2,1H3,(H2,18,19,22);2-3,6,14H,4-5H2,1H3,(H2,11,12,15). The summed E-state index contributed by atoms with van der Waals surface area (Å²) in [6.45, 7) is 3.21. The van der Waals surface area contributed by atoms with Crippen LogP contribution in [0.4, 0.5) is 32.3 Å². The molecule has 3 aromatic carbocycles. The number of non-ortho nitro benzene ring substituents is 2. The van der Waals surface area contributed by atoms with Gasteiger partial charge in [-0.05, 0) is 24.6 Å². The number of carbonyl (C=O) groups is 2. The fraction of sp³-hybridized carbons (Fsp3) is 0.259. The Hall–Kier alpha value is -5.48. The summed E-state index contributed by atoms with van der Waals surface area (Å²) >= 11 is 0. The molecule has 0 radical (unpaired) electrons. The first-order valence-corrected chi connectivity index (χ1v) is 12.7. The minimum atomic E-state index is -0.637. The Morgan fingerprint density at radius 3 is 1.81 bits per heavy atom. The SMILES string of the molecule is CC(CNC(=O)Nc1ccc([N+](=O)[O-])cc1O)OCc1ccccc1.COCCNC(=O)Nc1ccc([N+](=O)[O-])cc1O. The van der Waals surface area contributed by atoms with E-state index < -0.39 is 21.9 Å². The molecule has 0 aliphatic carbocycles. The largest absolute Gasteiger partial charge is 0.506 e. The molecule has 0 heterocycles. The predicted molar refractivity (Wildman–Crippen MR) is 156 cm³/mol. The highest BCUT2D eigenvalue weighted by molar-refractivity contribution is 5.91. The molecule has 0 fully saturated rings. The lowest BCUT2D eigenvalue weighted by Gasteiger charge is -2.15. The number of carbonyl (C=O) groups excluding carboxylic acids is 2. The highest BCUT2D eigenvalue weighted by Gasteiger charge is 2.13. The molecule has 16 nitrogen and oxygen atoms in total. The van der Waals surface area contributed by atoms with E-state index in [-0.39, 0.29) is 46.9 Å². The number of phenols is 2. The number of nitro benzene ring substituents is 2. The second-order valence-electron chi connectivity index (χ2n) is 8.73. The lowest BCUT2D eigenvalue weighted by Crippen LogP contribution is -2.35. The number of benzene rings is 3. The van der Waals surface area contributed by atoms with Crippen LogP contribution in [0.1, 0.15) is 12.5 Å². The summed E-state index contributed by atoms with van der Waals surface area (Å²) < 4.78 is 10.4. The molecule has 0 spiro atoms. The van der Waals surface area contributed by atoms with Crippen LogP contribution in [0.25, 0.3) is 0 Å². The van der Waals surface area contributed by atoms with Gasteiger partial charge in [0.2, 0.25) is 0 Å². The number of aromatic hydroxyl groups is 2. The molecule has 3 rings (SSSR count). The Bertz CT molecular complexity index is 1390. The third-order valence-electron chi connectivity index (χ3n) is 5.40. The molecule has 3 aromatic rings. The number of hydrogen-bond acceptors (Lipinski definition) is 10. The van der Waals surface area contributed by atoms with Crippen LogP contribution in [-0.2, 0) is 16.1 Å². The fourth-order valence-corrected chi connectivity index (χ4v) is 3.19. The normalized spacial score (nSPS) is 10.8. The van der Waals surface area contributed by atoms with E-state index in [0.717, 1.165) is 17.7 Å². The average Bonchev–Trinajstić information content (AvgIpc) is 2.98. The van der Waals surface area contributed by atoms with Crippen LogP contribution in [0, 0.1) is 20.2 Å². The minimum Gasteiger partial charge on any atom is -0.506 e.